The summed E-state index contributed by atoms with van der Waals surface area (Å²) in [7, 11) is 0. The van der Waals surface area contributed by atoms with Gasteiger partial charge in [0.2, 0.25) is 0 Å². The molecule has 90 valence electrons. The van der Waals surface area contributed by atoms with Gasteiger partial charge in [0, 0.05) is 11.6 Å². The van der Waals surface area contributed by atoms with Gasteiger partial charge < -0.3 is 10.8 Å². The Labute approximate surface area is 101 Å². The predicted octanol–water partition coefficient (Wildman–Crippen LogP) is 1.69. The van der Waals surface area contributed by atoms with Crippen molar-refractivity contribution in [2.45, 2.75) is 19.9 Å². The Kier molecular flexibility index (Phi) is 3.44. The Bertz CT molecular complexity index is 488. The van der Waals surface area contributed by atoms with Crippen LogP contribution in [-0.4, -0.2) is 21.5 Å². The van der Waals surface area contributed by atoms with Crippen molar-refractivity contribution in [3.05, 3.63) is 35.9 Å². The third-order valence-electron chi connectivity index (χ3n) is 2.78. The van der Waals surface area contributed by atoms with E-state index in [1.807, 2.05) is 18.2 Å². The number of rotatable bonds is 4. The molecule has 2 rings (SSSR count). The van der Waals surface area contributed by atoms with Crippen molar-refractivity contribution < 1.29 is 5.11 Å². The molecule has 0 atom stereocenters. The number of aryl methyl sites for hydroxylation is 1. The van der Waals surface area contributed by atoms with Gasteiger partial charge in [-0.2, -0.15) is 5.10 Å². The minimum Gasteiger partial charge on any atom is -0.394 e. The Hall–Kier alpha value is -1.81. The van der Waals surface area contributed by atoms with Gasteiger partial charge in [-0.25, -0.2) is 4.68 Å². The standard InChI is InChI=1S/C13H17N3O/c1-2-10-3-5-11(6-4-10)12-9-13(14)16(15-12)7-8-17/h3-6,9,17H,2,7-8,14H2,1H3. The van der Waals surface area contributed by atoms with Crippen molar-refractivity contribution in [2.75, 3.05) is 12.3 Å². The van der Waals surface area contributed by atoms with Gasteiger partial charge in [-0.1, -0.05) is 31.2 Å². The summed E-state index contributed by atoms with van der Waals surface area (Å²) in [6.07, 6.45) is 1.03. The van der Waals surface area contributed by atoms with E-state index in [4.69, 9.17) is 10.8 Å². The number of anilines is 1. The van der Waals surface area contributed by atoms with E-state index in [2.05, 4.69) is 24.2 Å². The largest absolute Gasteiger partial charge is 0.394 e. The molecule has 1 heterocycles. The number of nitrogen functional groups attached to an aromatic ring is 1. The Balaban J connectivity index is 2.29. The summed E-state index contributed by atoms with van der Waals surface area (Å²) in [5.41, 5.74) is 9.01. The minimum absolute atomic E-state index is 0.0418. The van der Waals surface area contributed by atoms with Crippen molar-refractivity contribution in [1.29, 1.82) is 0 Å². The first kappa shape index (κ1) is 11.7. The van der Waals surface area contributed by atoms with E-state index in [1.54, 1.807) is 4.68 Å². The molecule has 4 heteroatoms. The van der Waals surface area contributed by atoms with Crippen LogP contribution in [0.4, 0.5) is 5.82 Å². The lowest BCUT2D eigenvalue weighted by Gasteiger charge is -2.00. The molecule has 1 aromatic heterocycles. The summed E-state index contributed by atoms with van der Waals surface area (Å²) in [6.45, 7) is 2.60. The van der Waals surface area contributed by atoms with Crippen LogP contribution in [0.2, 0.25) is 0 Å². The predicted molar refractivity (Wildman–Crippen MR) is 68.5 cm³/mol. The fourth-order valence-electron chi connectivity index (χ4n) is 1.76. The minimum atomic E-state index is 0.0418. The van der Waals surface area contributed by atoms with Crippen LogP contribution in [0.3, 0.4) is 0 Å². The summed E-state index contributed by atoms with van der Waals surface area (Å²) in [6, 6.07) is 10.1. The average molecular weight is 231 g/mol. The van der Waals surface area contributed by atoms with Crippen LogP contribution in [0.1, 0.15) is 12.5 Å². The number of aromatic nitrogens is 2. The molecule has 2 aromatic rings. The van der Waals surface area contributed by atoms with E-state index in [0.717, 1.165) is 17.7 Å². The number of hydrogen-bond acceptors (Lipinski definition) is 3. The van der Waals surface area contributed by atoms with Gasteiger partial charge in [0.1, 0.15) is 5.82 Å². The van der Waals surface area contributed by atoms with Crippen LogP contribution in [0.15, 0.2) is 30.3 Å². The second-order valence-electron chi connectivity index (χ2n) is 3.95. The van der Waals surface area contributed by atoms with Gasteiger partial charge in [0.25, 0.3) is 0 Å². The summed E-state index contributed by atoms with van der Waals surface area (Å²) >= 11 is 0. The number of nitrogens with two attached hydrogens (primary N) is 1. The van der Waals surface area contributed by atoms with Crippen molar-refractivity contribution in [3.8, 4) is 11.3 Å². The highest BCUT2D eigenvalue weighted by Crippen LogP contribution is 2.20. The fourth-order valence-corrected chi connectivity index (χ4v) is 1.76. The molecule has 0 aliphatic carbocycles. The average Bonchev–Trinajstić information content (AvgIpc) is 2.72. The first-order valence-corrected chi connectivity index (χ1v) is 5.78. The number of aliphatic hydroxyl groups excluding tert-OH is 1. The second-order valence-corrected chi connectivity index (χ2v) is 3.95. The van der Waals surface area contributed by atoms with Gasteiger partial charge in [-0.3, -0.25) is 0 Å². The molecule has 0 saturated carbocycles. The molecule has 0 aliphatic heterocycles. The molecule has 0 unspecified atom stereocenters. The molecule has 0 bridgehead atoms. The molecule has 1 aromatic carbocycles. The van der Waals surface area contributed by atoms with Crippen molar-refractivity contribution in [2.24, 2.45) is 0 Å². The normalized spacial score (nSPS) is 10.7. The molecular formula is C13H17N3O. The van der Waals surface area contributed by atoms with E-state index in [9.17, 15) is 0 Å². The first-order valence-electron chi connectivity index (χ1n) is 5.78. The maximum Gasteiger partial charge on any atom is 0.122 e. The van der Waals surface area contributed by atoms with Gasteiger partial charge in [-0.05, 0) is 12.0 Å². The maximum atomic E-state index is 8.88. The smallest absolute Gasteiger partial charge is 0.122 e. The van der Waals surface area contributed by atoms with Crippen LogP contribution in [0, 0.1) is 0 Å². The molecule has 3 N–H and O–H groups in total. The number of benzene rings is 1. The van der Waals surface area contributed by atoms with Gasteiger partial charge in [0.05, 0.1) is 18.8 Å². The highest BCUT2D eigenvalue weighted by Gasteiger charge is 2.06. The van der Waals surface area contributed by atoms with E-state index < -0.39 is 0 Å². The molecule has 0 saturated heterocycles. The summed E-state index contributed by atoms with van der Waals surface area (Å²) in [5.74, 6) is 0.577. The number of aliphatic hydroxyl groups is 1. The third-order valence-corrected chi connectivity index (χ3v) is 2.78. The molecule has 4 nitrogen and oxygen atoms in total. The van der Waals surface area contributed by atoms with Gasteiger partial charge in [0.15, 0.2) is 0 Å². The number of nitrogens with zero attached hydrogens (tertiary/aromatic N) is 2. The zero-order chi connectivity index (χ0) is 12.3. The monoisotopic (exact) mass is 231 g/mol. The molecule has 17 heavy (non-hydrogen) atoms. The maximum absolute atomic E-state index is 8.88. The molecule has 0 aliphatic rings. The van der Waals surface area contributed by atoms with Crippen LogP contribution in [0.25, 0.3) is 11.3 Å². The quantitative estimate of drug-likeness (QED) is 0.841. The Morgan fingerprint density at radius 3 is 2.59 bits per heavy atom. The SMILES string of the molecule is CCc1ccc(-c2cc(N)n(CCO)n2)cc1. The zero-order valence-electron chi connectivity index (χ0n) is 9.93. The Morgan fingerprint density at radius 2 is 2.00 bits per heavy atom. The second kappa shape index (κ2) is 5.01. The van der Waals surface area contributed by atoms with Crippen molar-refractivity contribution in [3.63, 3.8) is 0 Å². The van der Waals surface area contributed by atoms with Crippen LogP contribution < -0.4 is 5.73 Å². The van der Waals surface area contributed by atoms with E-state index in [1.165, 1.54) is 5.56 Å². The van der Waals surface area contributed by atoms with E-state index in [0.29, 0.717) is 12.4 Å². The lowest BCUT2D eigenvalue weighted by molar-refractivity contribution is 0.270. The summed E-state index contributed by atoms with van der Waals surface area (Å²) in [5, 5.41) is 13.2. The molecular weight excluding hydrogens is 214 g/mol. The Morgan fingerprint density at radius 1 is 1.29 bits per heavy atom. The van der Waals surface area contributed by atoms with E-state index in [-0.39, 0.29) is 6.61 Å². The van der Waals surface area contributed by atoms with Crippen LogP contribution in [-0.2, 0) is 13.0 Å². The lowest BCUT2D eigenvalue weighted by Crippen LogP contribution is -2.07. The molecule has 0 amide bonds. The lowest BCUT2D eigenvalue weighted by atomic mass is 10.1. The zero-order valence-corrected chi connectivity index (χ0v) is 9.93. The molecule has 0 fully saturated rings. The molecule has 0 radical (unpaired) electrons. The van der Waals surface area contributed by atoms with E-state index >= 15 is 0 Å². The van der Waals surface area contributed by atoms with Crippen molar-refractivity contribution >= 4 is 5.82 Å². The number of hydrogen-bond donors (Lipinski definition) is 2. The van der Waals surface area contributed by atoms with Crippen LogP contribution >= 0.6 is 0 Å². The third kappa shape index (κ3) is 2.47. The summed E-state index contributed by atoms with van der Waals surface area (Å²) < 4.78 is 1.61. The van der Waals surface area contributed by atoms with Crippen molar-refractivity contribution in [1.82, 2.24) is 9.78 Å². The van der Waals surface area contributed by atoms with Crippen LogP contribution in [0.5, 0.6) is 0 Å². The highest BCUT2D eigenvalue weighted by atomic mass is 16.3. The summed E-state index contributed by atoms with van der Waals surface area (Å²) in [4.78, 5) is 0. The van der Waals surface area contributed by atoms with Gasteiger partial charge >= 0.3 is 0 Å². The van der Waals surface area contributed by atoms with Gasteiger partial charge in [-0.15, -0.1) is 0 Å². The first-order chi connectivity index (χ1) is 8.24. The topological polar surface area (TPSA) is 64.1 Å². The molecule has 0 spiro atoms. The highest BCUT2D eigenvalue weighted by molar-refractivity contribution is 5.62. The fraction of sp³-hybridized carbons (Fsp3) is 0.308.